The number of ether oxygens (including phenoxy) is 2. The highest BCUT2D eigenvalue weighted by molar-refractivity contribution is 6.39. The molecule has 0 spiro atoms. The molecule has 3 aliphatic heterocycles. The molecule has 3 unspecified atom stereocenters. The van der Waals surface area contributed by atoms with Crippen LogP contribution in [0.15, 0.2) is 65.8 Å². The second kappa shape index (κ2) is 10.5. The van der Waals surface area contributed by atoms with E-state index in [0.29, 0.717) is 24.6 Å². The van der Waals surface area contributed by atoms with Gasteiger partial charge in [0, 0.05) is 44.6 Å². The molecule has 174 valence electrons. The third-order valence-electron chi connectivity index (χ3n) is 6.87. The summed E-state index contributed by atoms with van der Waals surface area (Å²) in [5.41, 5.74) is 2.72. The van der Waals surface area contributed by atoms with Crippen LogP contribution < -0.4 is 10.3 Å². The van der Waals surface area contributed by atoms with Gasteiger partial charge in [-0.3, -0.25) is 14.7 Å². The average Bonchev–Trinajstić information content (AvgIpc) is 3.57. The molecule has 1 amide bonds. The topological polar surface area (TPSA) is 66.4 Å². The van der Waals surface area contributed by atoms with E-state index in [-0.39, 0.29) is 18.0 Å². The Morgan fingerprint density at radius 1 is 1.00 bits per heavy atom. The highest BCUT2D eigenvalue weighted by atomic mass is 16.5. The van der Waals surface area contributed by atoms with Crippen molar-refractivity contribution in [2.45, 2.75) is 24.9 Å². The molecule has 0 bridgehead atoms. The lowest BCUT2D eigenvalue weighted by atomic mass is 9.96. The first-order chi connectivity index (χ1) is 16.3. The summed E-state index contributed by atoms with van der Waals surface area (Å²) in [4.78, 5) is 15.7. The van der Waals surface area contributed by atoms with Gasteiger partial charge >= 0.3 is 0 Å². The summed E-state index contributed by atoms with van der Waals surface area (Å²) >= 11 is 0. The van der Waals surface area contributed by atoms with Crippen molar-refractivity contribution in [3.63, 3.8) is 0 Å². The molecule has 7 nitrogen and oxygen atoms in total. The van der Waals surface area contributed by atoms with Crippen LogP contribution in [0.5, 0.6) is 0 Å². The smallest absolute Gasteiger partial charge is 0.267 e. The van der Waals surface area contributed by atoms with E-state index in [4.69, 9.17) is 14.6 Å². The van der Waals surface area contributed by atoms with Gasteiger partial charge < -0.3 is 14.8 Å². The Labute approximate surface area is 195 Å². The van der Waals surface area contributed by atoms with Gasteiger partial charge in [0.25, 0.3) is 5.91 Å². The lowest BCUT2D eigenvalue weighted by Gasteiger charge is -2.37. The van der Waals surface area contributed by atoms with Crippen molar-refractivity contribution in [1.29, 1.82) is 0 Å². The lowest BCUT2D eigenvalue weighted by Crippen LogP contribution is -2.52. The molecular weight excluding hydrogens is 416 g/mol. The van der Waals surface area contributed by atoms with Gasteiger partial charge in [0.05, 0.1) is 31.5 Å². The monoisotopic (exact) mass is 448 g/mol. The van der Waals surface area contributed by atoms with Crippen molar-refractivity contribution in [3.05, 3.63) is 66.2 Å². The second-order valence-electron chi connectivity index (χ2n) is 8.91. The number of carbonyl (C=O) groups is 1. The molecule has 0 saturated carbocycles. The van der Waals surface area contributed by atoms with Crippen molar-refractivity contribution >= 4 is 17.3 Å². The number of carbonyl (C=O) groups excluding carboxylic acids is 1. The van der Waals surface area contributed by atoms with Gasteiger partial charge in [0.1, 0.15) is 5.71 Å². The van der Waals surface area contributed by atoms with Gasteiger partial charge in [-0.1, -0.05) is 48.5 Å². The summed E-state index contributed by atoms with van der Waals surface area (Å²) in [7, 11) is 0. The van der Waals surface area contributed by atoms with Crippen LogP contribution in [0.25, 0.3) is 0 Å². The van der Waals surface area contributed by atoms with Gasteiger partial charge in [-0.15, -0.1) is 0 Å². The molecule has 2 aromatic rings. The number of morpholine rings is 1. The molecule has 2 fully saturated rings. The minimum Gasteiger partial charge on any atom is -0.381 e. The van der Waals surface area contributed by atoms with Gasteiger partial charge in [0.2, 0.25) is 0 Å². The van der Waals surface area contributed by atoms with E-state index in [1.807, 2.05) is 53.5 Å². The van der Waals surface area contributed by atoms with Gasteiger partial charge in [-0.05, 0) is 24.1 Å². The van der Waals surface area contributed by atoms with E-state index in [0.717, 1.165) is 57.2 Å². The van der Waals surface area contributed by atoms with Crippen molar-refractivity contribution in [3.8, 4) is 0 Å². The van der Waals surface area contributed by atoms with Crippen LogP contribution in [0.1, 0.15) is 24.4 Å². The Kier molecular flexibility index (Phi) is 7.00. The Morgan fingerprint density at radius 3 is 2.42 bits per heavy atom. The van der Waals surface area contributed by atoms with Crippen LogP contribution in [-0.2, 0) is 14.3 Å². The van der Waals surface area contributed by atoms with E-state index in [9.17, 15) is 4.79 Å². The number of hydrogen-bond acceptors (Lipinski definition) is 6. The van der Waals surface area contributed by atoms with E-state index < -0.39 is 0 Å². The minimum absolute atomic E-state index is 0.00706. The van der Waals surface area contributed by atoms with Crippen LogP contribution in [0.4, 0.5) is 5.69 Å². The van der Waals surface area contributed by atoms with Crippen LogP contribution >= 0.6 is 0 Å². The Bertz CT molecular complexity index is 941. The van der Waals surface area contributed by atoms with Crippen molar-refractivity contribution in [1.82, 2.24) is 10.2 Å². The molecule has 3 atom stereocenters. The molecule has 2 aromatic carbocycles. The first-order valence-electron chi connectivity index (χ1n) is 11.9. The number of amides is 1. The average molecular weight is 449 g/mol. The molecule has 0 aromatic heterocycles. The highest BCUT2D eigenvalue weighted by Gasteiger charge is 2.35. The summed E-state index contributed by atoms with van der Waals surface area (Å²) in [5.74, 6) is 0.360. The highest BCUT2D eigenvalue weighted by Crippen LogP contribution is 2.35. The number of nitrogens with zero attached hydrogens (tertiary/aromatic N) is 3. The largest absolute Gasteiger partial charge is 0.381 e. The predicted molar refractivity (Wildman–Crippen MR) is 128 cm³/mol. The Hall–Kier alpha value is -2.74. The number of para-hydroxylation sites is 1. The van der Waals surface area contributed by atoms with Crippen molar-refractivity contribution in [2.75, 3.05) is 51.1 Å². The summed E-state index contributed by atoms with van der Waals surface area (Å²) in [5, 5.41) is 9.97. The van der Waals surface area contributed by atoms with Gasteiger partial charge in [0.15, 0.2) is 0 Å². The summed E-state index contributed by atoms with van der Waals surface area (Å²) in [6.45, 7) is 5.46. The van der Waals surface area contributed by atoms with Crippen LogP contribution in [0, 0.1) is 5.92 Å². The fraction of sp³-hybridized carbons (Fsp3) is 0.462. The third-order valence-corrected chi connectivity index (χ3v) is 6.87. The number of hydrogen-bond donors (Lipinski definition) is 1. The molecule has 0 aliphatic carbocycles. The quantitative estimate of drug-likeness (QED) is 0.706. The third kappa shape index (κ3) is 5.11. The molecule has 33 heavy (non-hydrogen) atoms. The van der Waals surface area contributed by atoms with Crippen molar-refractivity contribution < 1.29 is 14.3 Å². The van der Waals surface area contributed by atoms with Gasteiger partial charge in [-0.25, -0.2) is 0 Å². The normalized spacial score (nSPS) is 24.5. The van der Waals surface area contributed by atoms with Crippen LogP contribution in [0.2, 0.25) is 0 Å². The van der Waals surface area contributed by atoms with Crippen LogP contribution in [0.3, 0.4) is 0 Å². The zero-order chi connectivity index (χ0) is 22.5. The number of anilines is 1. The Balaban J connectivity index is 1.30. The standard InChI is InChI=1S/C26H32N4O3/c31-26(27-18-25(21-11-14-33-19-21)29-12-15-32-16-13-29)23-17-24(20-7-3-1-4-8-20)30(28-23)22-9-5-2-6-10-22/h1-10,21,24-25H,11-19H2,(H,27,31). The molecular formula is C26H32N4O3. The maximum Gasteiger partial charge on any atom is 0.267 e. The fourth-order valence-corrected chi connectivity index (χ4v) is 5.06. The minimum atomic E-state index is -0.0773. The molecule has 3 heterocycles. The van der Waals surface area contributed by atoms with E-state index in [1.54, 1.807) is 0 Å². The summed E-state index contributed by atoms with van der Waals surface area (Å²) < 4.78 is 11.2. The number of hydrazone groups is 1. The molecule has 5 rings (SSSR count). The predicted octanol–water partition coefficient (Wildman–Crippen LogP) is 2.85. The zero-order valence-corrected chi connectivity index (χ0v) is 18.9. The number of benzene rings is 2. The molecule has 7 heteroatoms. The second-order valence-corrected chi connectivity index (χ2v) is 8.91. The molecule has 3 aliphatic rings. The van der Waals surface area contributed by atoms with Crippen LogP contribution in [-0.4, -0.2) is 68.6 Å². The van der Waals surface area contributed by atoms with E-state index in [1.165, 1.54) is 0 Å². The molecule has 0 radical (unpaired) electrons. The number of rotatable bonds is 7. The maximum absolute atomic E-state index is 13.3. The lowest BCUT2D eigenvalue weighted by molar-refractivity contribution is -0.115. The summed E-state index contributed by atoms with van der Waals surface area (Å²) in [6, 6.07) is 20.6. The van der Waals surface area contributed by atoms with Crippen molar-refractivity contribution in [2.24, 2.45) is 11.0 Å². The first-order valence-corrected chi connectivity index (χ1v) is 11.9. The van der Waals surface area contributed by atoms with E-state index in [2.05, 4.69) is 22.3 Å². The van der Waals surface area contributed by atoms with E-state index >= 15 is 0 Å². The summed E-state index contributed by atoms with van der Waals surface area (Å²) in [6.07, 6.45) is 1.62. The molecule has 2 saturated heterocycles. The Morgan fingerprint density at radius 2 is 1.73 bits per heavy atom. The number of nitrogens with one attached hydrogen (secondary N) is 1. The van der Waals surface area contributed by atoms with Gasteiger partial charge in [-0.2, -0.15) is 5.10 Å². The fourth-order valence-electron chi connectivity index (χ4n) is 5.06. The zero-order valence-electron chi connectivity index (χ0n) is 18.9. The molecule has 1 N–H and O–H groups in total. The maximum atomic E-state index is 13.3. The first kappa shape index (κ1) is 22.1. The SMILES string of the molecule is O=C(NCC(C1CCOC1)N1CCOCC1)C1=NN(c2ccccc2)C(c2ccccc2)C1.